The van der Waals surface area contributed by atoms with Crippen molar-refractivity contribution >= 4 is 22.4 Å². The van der Waals surface area contributed by atoms with Crippen molar-refractivity contribution in [1.29, 1.82) is 0 Å². The van der Waals surface area contributed by atoms with E-state index >= 15 is 0 Å². The number of methoxy groups -OCH3 is 1. The molecule has 1 aromatic carbocycles. The molecule has 3 rings (SSSR count). The molecule has 110 valence electrons. The molecule has 2 aromatic heterocycles. The molecule has 0 aliphatic heterocycles. The van der Waals surface area contributed by atoms with Gasteiger partial charge in [0.25, 0.3) is 0 Å². The Bertz CT molecular complexity index is 773. The summed E-state index contributed by atoms with van der Waals surface area (Å²) in [6.07, 6.45) is 0. The highest BCUT2D eigenvalue weighted by atomic mass is 32.1. The lowest BCUT2D eigenvalue weighted by Crippen LogP contribution is -2.02. The van der Waals surface area contributed by atoms with Gasteiger partial charge in [-0.3, -0.25) is 0 Å². The molecule has 0 fully saturated rings. The molecule has 0 saturated carbocycles. The van der Waals surface area contributed by atoms with Crippen molar-refractivity contribution in [3.63, 3.8) is 0 Å². The summed E-state index contributed by atoms with van der Waals surface area (Å²) in [7, 11) is 1.69. The molecule has 2 heterocycles. The smallest absolute Gasteiger partial charge is 0.151 e. The largest absolute Gasteiger partial charge is 0.496 e. The van der Waals surface area contributed by atoms with Crippen LogP contribution < -0.4 is 10.5 Å². The minimum atomic E-state index is 0.335. The molecule has 0 aliphatic rings. The van der Waals surface area contributed by atoms with Crippen molar-refractivity contribution in [2.45, 2.75) is 26.4 Å². The first-order chi connectivity index (χ1) is 10.1. The Morgan fingerprint density at radius 2 is 2.14 bits per heavy atom. The van der Waals surface area contributed by atoms with Crippen LogP contribution in [0.3, 0.4) is 0 Å². The van der Waals surface area contributed by atoms with Gasteiger partial charge in [0.1, 0.15) is 5.75 Å². The molecule has 4 nitrogen and oxygen atoms in total. The number of hydrogen-bond acceptors (Lipinski definition) is 4. The Hall–Kier alpha value is -1.85. The number of aromatic nitrogens is 2. The van der Waals surface area contributed by atoms with Gasteiger partial charge in [-0.05, 0) is 31.5 Å². The summed E-state index contributed by atoms with van der Waals surface area (Å²) in [5, 5.41) is 2.00. The van der Waals surface area contributed by atoms with E-state index in [4.69, 9.17) is 15.5 Å². The van der Waals surface area contributed by atoms with Crippen LogP contribution in [0.2, 0.25) is 0 Å². The van der Waals surface area contributed by atoms with Gasteiger partial charge >= 0.3 is 0 Å². The quantitative estimate of drug-likeness (QED) is 0.797. The fourth-order valence-electron chi connectivity index (χ4n) is 2.51. The normalized spacial score (nSPS) is 11.5. The molecule has 0 radical (unpaired) electrons. The number of hydrogen-bond donors (Lipinski definition) is 1. The van der Waals surface area contributed by atoms with Crippen LogP contribution >= 0.6 is 11.3 Å². The second kappa shape index (κ2) is 5.50. The van der Waals surface area contributed by atoms with Crippen molar-refractivity contribution in [2.24, 2.45) is 5.73 Å². The molecule has 5 heteroatoms. The minimum absolute atomic E-state index is 0.335. The first kappa shape index (κ1) is 14.1. The lowest BCUT2D eigenvalue weighted by atomic mass is 10.2. The van der Waals surface area contributed by atoms with Crippen molar-refractivity contribution in [2.75, 3.05) is 7.11 Å². The Balaban J connectivity index is 2.22. The van der Waals surface area contributed by atoms with E-state index < -0.39 is 0 Å². The summed E-state index contributed by atoms with van der Waals surface area (Å²) in [6, 6.07) is 8.62. The van der Waals surface area contributed by atoms with Gasteiger partial charge in [-0.2, -0.15) is 0 Å². The second-order valence-electron chi connectivity index (χ2n) is 5.28. The highest BCUT2D eigenvalue weighted by Crippen LogP contribution is 2.34. The maximum atomic E-state index is 5.73. The maximum Gasteiger partial charge on any atom is 0.151 e. The van der Waals surface area contributed by atoms with Crippen LogP contribution in [0.5, 0.6) is 5.75 Å². The van der Waals surface area contributed by atoms with Crippen LogP contribution in [0.15, 0.2) is 29.6 Å². The van der Waals surface area contributed by atoms with Gasteiger partial charge in [0.15, 0.2) is 5.82 Å². The van der Waals surface area contributed by atoms with E-state index in [-0.39, 0.29) is 0 Å². The van der Waals surface area contributed by atoms with E-state index in [9.17, 15) is 0 Å². The molecule has 0 amide bonds. The number of rotatable bonds is 4. The van der Waals surface area contributed by atoms with Crippen molar-refractivity contribution in [3.8, 4) is 16.5 Å². The Labute approximate surface area is 128 Å². The molecule has 0 bridgehead atoms. The zero-order valence-electron chi connectivity index (χ0n) is 12.5. The third-order valence-electron chi connectivity index (χ3n) is 3.54. The fourth-order valence-corrected chi connectivity index (χ4v) is 3.35. The highest BCUT2D eigenvalue weighted by molar-refractivity contribution is 7.13. The molecule has 21 heavy (non-hydrogen) atoms. The summed E-state index contributed by atoms with van der Waals surface area (Å²) in [4.78, 5) is 5.94. The van der Waals surface area contributed by atoms with Crippen LogP contribution in [0.1, 0.15) is 25.5 Å². The molecule has 0 saturated heterocycles. The van der Waals surface area contributed by atoms with Crippen molar-refractivity contribution in [3.05, 3.63) is 35.2 Å². The lowest BCUT2D eigenvalue weighted by Gasteiger charge is -2.12. The standard InChI is InChI=1S/C16H19N3OS/c1-10(2)19-14-5-4-11(8-17)6-13(14)18-16(19)15-7-12(20-3)9-21-15/h4-7,9-10H,8,17H2,1-3H3. The molecule has 2 N–H and O–H groups in total. The van der Waals surface area contributed by atoms with E-state index in [1.54, 1.807) is 18.4 Å². The van der Waals surface area contributed by atoms with Gasteiger partial charge in [-0.25, -0.2) is 4.98 Å². The van der Waals surface area contributed by atoms with Crippen molar-refractivity contribution in [1.82, 2.24) is 9.55 Å². The summed E-state index contributed by atoms with van der Waals surface area (Å²) in [5.41, 5.74) is 8.97. The number of ether oxygens (including phenoxy) is 1. The SMILES string of the molecule is COc1csc(-c2nc3cc(CN)ccc3n2C(C)C)c1. The first-order valence-electron chi connectivity index (χ1n) is 6.98. The average Bonchev–Trinajstić information content (AvgIpc) is 3.09. The zero-order chi connectivity index (χ0) is 15.0. The number of fused-ring (bicyclic) bond motifs is 1. The minimum Gasteiger partial charge on any atom is -0.496 e. The number of thiophene rings is 1. The predicted octanol–water partition coefficient (Wildman–Crippen LogP) is 3.81. The Kier molecular flexibility index (Phi) is 3.69. The molecular weight excluding hydrogens is 282 g/mol. The molecule has 0 aliphatic carbocycles. The molecule has 0 unspecified atom stereocenters. The van der Waals surface area contributed by atoms with Gasteiger partial charge in [0.2, 0.25) is 0 Å². The summed E-state index contributed by atoms with van der Waals surface area (Å²) in [5.74, 6) is 1.86. The average molecular weight is 301 g/mol. The van der Waals surface area contributed by atoms with E-state index in [0.29, 0.717) is 12.6 Å². The van der Waals surface area contributed by atoms with Crippen LogP contribution in [0, 0.1) is 0 Å². The number of benzene rings is 1. The Morgan fingerprint density at radius 1 is 1.33 bits per heavy atom. The topological polar surface area (TPSA) is 53.1 Å². The van der Waals surface area contributed by atoms with Crippen molar-refractivity contribution < 1.29 is 4.74 Å². The van der Waals surface area contributed by atoms with E-state index in [0.717, 1.165) is 33.0 Å². The first-order valence-corrected chi connectivity index (χ1v) is 7.86. The van der Waals surface area contributed by atoms with Gasteiger partial charge in [0.05, 0.1) is 23.0 Å². The van der Waals surface area contributed by atoms with E-state index in [2.05, 4.69) is 36.6 Å². The van der Waals surface area contributed by atoms with Gasteiger partial charge in [-0.1, -0.05) is 6.07 Å². The zero-order valence-corrected chi connectivity index (χ0v) is 13.3. The third-order valence-corrected chi connectivity index (χ3v) is 4.44. The van der Waals surface area contributed by atoms with E-state index in [1.165, 1.54) is 0 Å². The van der Waals surface area contributed by atoms with Crippen LogP contribution in [0.4, 0.5) is 0 Å². The van der Waals surface area contributed by atoms with Gasteiger partial charge < -0.3 is 15.0 Å². The molecule has 3 aromatic rings. The lowest BCUT2D eigenvalue weighted by molar-refractivity contribution is 0.417. The van der Waals surface area contributed by atoms with Gasteiger partial charge in [-0.15, -0.1) is 11.3 Å². The summed E-state index contributed by atoms with van der Waals surface area (Å²) < 4.78 is 7.55. The predicted molar refractivity (Wildman–Crippen MR) is 87.9 cm³/mol. The Morgan fingerprint density at radius 3 is 2.76 bits per heavy atom. The number of nitrogens with two attached hydrogens (primary N) is 1. The summed E-state index contributed by atoms with van der Waals surface area (Å²) in [6.45, 7) is 4.88. The highest BCUT2D eigenvalue weighted by Gasteiger charge is 2.16. The second-order valence-corrected chi connectivity index (χ2v) is 6.19. The third kappa shape index (κ3) is 2.43. The fraction of sp³-hybridized carbons (Fsp3) is 0.312. The van der Waals surface area contributed by atoms with Crippen LogP contribution in [0.25, 0.3) is 21.7 Å². The van der Waals surface area contributed by atoms with Gasteiger partial charge in [0, 0.05) is 24.0 Å². The maximum absolute atomic E-state index is 5.73. The summed E-state index contributed by atoms with van der Waals surface area (Å²) >= 11 is 1.65. The molecular formula is C16H19N3OS. The molecule has 0 spiro atoms. The van der Waals surface area contributed by atoms with E-state index in [1.807, 2.05) is 11.4 Å². The monoisotopic (exact) mass is 301 g/mol. The number of nitrogens with zero attached hydrogens (tertiary/aromatic N) is 2. The number of imidazole rings is 1. The van der Waals surface area contributed by atoms with Crippen LogP contribution in [-0.2, 0) is 6.54 Å². The molecule has 0 atom stereocenters. The van der Waals surface area contributed by atoms with Crippen LogP contribution in [-0.4, -0.2) is 16.7 Å².